The van der Waals surface area contributed by atoms with E-state index in [4.69, 9.17) is 24.9 Å². The predicted molar refractivity (Wildman–Crippen MR) is 94.7 cm³/mol. The normalized spacial score (nSPS) is 32.2. The summed E-state index contributed by atoms with van der Waals surface area (Å²) in [6, 6.07) is 6.34. The van der Waals surface area contributed by atoms with Gasteiger partial charge in [0, 0.05) is 29.9 Å². The van der Waals surface area contributed by atoms with E-state index in [1.54, 1.807) is 12.4 Å². The Hall–Kier alpha value is -2.67. The van der Waals surface area contributed by atoms with Gasteiger partial charge < -0.3 is 19.9 Å². The van der Waals surface area contributed by atoms with Crippen LogP contribution < -0.4 is 10.5 Å². The predicted octanol–water partition coefficient (Wildman–Crippen LogP) is 1.87. The van der Waals surface area contributed by atoms with E-state index >= 15 is 0 Å². The van der Waals surface area contributed by atoms with Crippen LogP contribution in [0, 0.1) is 5.92 Å². The summed E-state index contributed by atoms with van der Waals surface area (Å²) in [5.74, 6) is 0.855. The molecule has 7 heteroatoms. The Morgan fingerprint density at radius 2 is 2.04 bits per heavy atom. The molecule has 1 aromatic heterocycles. The first-order valence-electron chi connectivity index (χ1n) is 8.76. The van der Waals surface area contributed by atoms with Crippen LogP contribution in [0.3, 0.4) is 0 Å². The second-order valence-corrected chi connectivity index (χ2v) is 7.29. The Morgan fingerprint density at radius 3 is 2.81 bits per heavy atom. The van der Waals surface area contributed by atoms with E-state index in [1.807, 2.05) is 12.1 Å². The molecule has 1 aromatic carbocycles. The zero-order chi connectivity index (χ0) is 17.8. The maximum absolute atomic E-state index is 6.46. The van der Waals surface area contributed by atoms with E-state index in [9.17, 15) is 0 Å². The zero-order valence-corrected chi connectivity index (χ0v) is 14.5. The Labute approximate surface area is 151 Å². The summed E-state index contributed by atoms with van der Waals surface area (Å²) in [7, 11) is 0. The molecule has 134 valence electrons. The Bertz CT molecular complexity index is 888. The van der Waals surface area contributed by atoms with Crippen LogP contribution in [-0.2, 0) is 15.0 Å². The van der Waals surface area contributed by atoms with Crippen LogP contribution in [0.2, 0.25) is 0 Å². The van der Waals surface area contributed by atoms with Gasteiger partial charge >= 0.3 is 0 Å². The highest BCUT2D eigenvalue weighted by Gasteiger charge is 2.59. The molecule has 1 fully saturated rings. The number of hydrogen-bond acceptors (Lipinski definition) is 7. The minimum absolute atomic E-state index is 0.0274. The highest BCUT2D eigenvalue weighted by atomic mass is 16.5. The van der Waals surface area contributed by atoms with Crippen LogP contribution in [0.1, 0.15) is 18.9 Å². The van der Waals surface area contributed by atoms with Crippen molar-refractivity contribution in [3.63, 3.8) is 0 Å². The van der Waals surface area contributed by atoms with E-state index in [-0.39, 0.29) is 17.5 Å². The lowest BCUT2D eigenvalue weighted by Gasteiger charge is -2.52. The fourth-order valence-electron chi connectivity index (χ4n) is 4.38. The maximum Gasteiger partial charge on any atom is 0.283 e. The largest absolute Gasteiger partial charge is 0.487 e. The third-order valence-electron chi connectivity index (χ3n) is 5.77. The molecule has 1 saturated heterocycles. The van der Waals surface area contributed by atoms with E-state index in [1.165, 1.54) is 6.33 Å². The van der Waals surface area contributed by atoms with Gasteiger partial charge in [0.15, 0.2) is 0 Å². The number of amidine groups is 1. The summed E-state index contributed by atoms with van der Waals surface area (Å²) in [5.41, 5.74) is 7.90. The molecule has 5 rings (SSSR count). The second kappa shape index (κ2) is 5.41. The molecule has 2 unspecified atom stereocenters. The average Bonchev–Trinajstić information content (AvgIpc) is 3.04. The molecular formula is C19H20N4O3. The van der Waals surface area contributed by atoms with E-state index in [0.717, 1.165) is 28.9 Å². The van der Waals surface area contributed by atoms with Crippen molar-refractivity contribution < 1.29 is 14.2 Å². The number of hydrogen-bond donors (Lipinski definition) is 1. The number of benzene rings is 1. The molecule has 0 radical (unpaired) electrons. The number of fused-ring (bicyclic) bond motifs is 4. The van der Waals surface area contributed by atoms with Crippen LogP contribution in [-0.4, -0.2) is 41.4 Å². The molecule has 1 spiro atoms. The van der Waals surface area contributed by atoms with E-state index in [2.05, 4.69) is 23.0 Å². The van der Waals surface area contributed by atoms with Crippen molar-refractivity contribution >= 4 is 6.02 Å². The van der Waals surface area contributed by atoms with Crippen molar-refractivity contribution in [2.75, 3.05) is 19.8 Å². The quantitative estimate of drug-likeness (QED) is 0.842. The van der Waals surface area contributed by atoms with Gasteiger partial charge in [-0.05, 0) is 24.6 Å². The molecule has 3 atom stereocenters. The minimum atomic E-state index is -0.599. The van der Waals surface area contributed by atoms with E-state index in [0.29, 0.717) is 19.8 Å². The van der Waals surface area contributed by atoms with Gasteiger partial charge in [-0.3, -0.25) is 0 Å². The Kier molecular flexibility index (Phi) is 3.24. The third kappa shape index (κ3) is 2.13. The van der Waals surface area contributed by atoms with Gasteiger partial charge in [-0.1, -0.05) is 6.07 Å². The number of aliphatic imine (C=N–C) groups is 1. The lowest BCUT2D eigenvalue weighted by Crippen LogP contribution is -2.59. The van der Waals surface area contributed by atoms with Gasteiger partial charge in [0.25, 0.3) is 6.02 Å². The first-order chi connectivity index (χ1) is 12.6. The molecule has 3 aliphatic heterocycles. The van der Waals surface area contributed by atoms with Crippen molar-refractivity contribution in [3.8, 4) is 16.9 Å². The highest BCUT2D eigenvalue weighted by Crippen LogP contribution is 2.54. The second-order valence-electron chi connectivity index (χ2n) is 7.29. The average molecular weight is 352 g/mol. The molecule has 0 aliphatic carbocycles. The van der Waals surface area contributed by atoms with Gasteiger partial charge in [-0.2, -0.15) is 0 Å². The minimum Gasteiger partial charge on any atom is -0.487 e. The lowest BCUT2D eigenvalue weighted by atomic mass is 9.66. The first-order valence-corrected chi connectivity index (χ1v) is 8.76. The van der Waals surface area contributed by atoms with Crippen LogP contribution >= 0.6 is 0 Å². The number of nitrogens with two attached hydrogens (primary N) is 1. The lowest BCUT2D eigenvalue weighted by molar-refractivity contribution is -0.129. The van der Waals surface area contributed by atoms with Crippen molar-refractivity contribution in [1.29, 1.82) is 0 Å². The summed E-state index contributed by atoms with van der Waals surface area (Å²) in [6.45, 7) is 3.77. The van der Waals surface area contributed by atoms with Gasteiger partial charge in [-0.25, -0.2) is 15.0 Å². The molecule has 0 amide bonds. The zero-order valence-electron chi connectivity index (χ0n) is 14.5. The van der Waals surface area contributed by atoms with Crippen molar-refractivity contribution in [3.05, 3.63) is 42.5 Å². The van der Waals surface area contributed by atoms with Gasteiger partial charge in [0.05, 0.1) is 19.1 Å². The fraction of sp³-hybridized carbons (Fsp3) is 0.421. The van der Waals surface area contributed by atoms with Gasteiger partial charge in [0.1, 0.15) is 29.8 Å². The van der Waals surface area contributed by atoms with Crippen LogP contribution in [0.15, 0.2) is 41.9 Å². The SMILES string of the molecule is CC12CCOC[C@H]1C1(COC(N)=N1)c1cc(-c3cncnc3)ccc1O2. The van der Waals surface area contributed by atoms with Crippen molar-refractivity contribution in [2.45, 2.75) is 24.5 Å². The van der Waals surface area contributed by atoms with Gasteiger partial charge in [-0.15, -0.1) is 0 Å². The molecule has 2 N–H and O–H groups in total. The first kappa shape index (κ1) is 15.6. The number of rotatable bonds is 1. The highest BCUT2D eigenvalue weighted by molar-refractivity contribution is 5.75. The topological polar surface area (TPSA) is 91.9 Å². The maximum atomic E-state index is 6.46. The Balaban J connectivity index is 1.71. The molecular weight excluding hydrogens is 332 g/mol. The summed E-state index contributed by atoms with van der Waals surface area (Å²) >= 11 is 0. The molecule has 2 aromatic rings. The smallest absolute Gasteiger partial charge is 0.283 e. The molecule has 0 bridgehead atoms. The van der Waals surface area contributed by atoms with Crippen molar-refractivity contribution in [2.24, 2.45) is 16.6 Å². The summed E-state index contributed by atoms with van der Waals surface area (Å²) in [5, 5.41) is 0. The molecule has 0 saturated carbocycles. The number of ether oxygens (including phenoxy) is 3. The summed E-state index contributed by atoms with van der Waals surface area (Å²) < 4.78 is 17.9. The monoisotopic (exact) mass is 352 g/mol. The summed E-state index contributed by atoms with van der Waals surface area (Å²) in [6.07, 6.45) is 5.92. The summed E-state index contributed by atoms with van der Waals surface area (Å²) in [4.78, 5) is 13.0. The van der Waals surface area contributed by atoms with Crippen LogP contribution in [0.5, 0.6) is 5.75 Å². The van der Waals surface area contributed by atoms with Gasteiger partial charge in [0.2, 0.25) is 0 Å². The Morgan fingerprint density at radius 1 is 1.19 bits per heavy atom. The third-order valence-corrected chi connectivity index (χ3v) is 5.77. The molecule has 4 heterocycles. The van der Waals surface area contributed by atoms with Crippen molar-refractivity contribution in [1.82, 2.24) is 9.97 Å². The standard InChI is InChI=1S/C19H20N4O3/c1-18-4-5-24-9-16(18)19(10-25-17(20)23-19)14-6-12(2-3-15(14)26-18)13-7-21-11-22-8-13/h2-3,6-8,11,16H,4-5,9-10H2,1H3,(H2,20,23)/t16-,18?,19?/m1/s1. The molecule has 3 aliphatic rings. The number of aromatic nitrogens is 2. The van der Waals surface area contributed by atoms with E-state index < -0.39 is 5.54 Å². The molecule has 26 heavy (non-hydrogen) atoms. The van der Waals surface area contributed by atoms with Crippen LogP contribution in [0.25, 0.3) is 11.1 Å². The van der Waals surface area contributed by atoms with Crippen LogP contribution in [0.4, 0.5) is 0 Å². The fourth-order valence-corrected chi connectivity index (χ4v) is 4.38. The number of nitrogens with zero attached hydrogens (tertiary/aromatic N) is 3. The molecule has 7 nitrogen and oxygen atoms in total.